The van der Waals surface area contributed by atoms with Crippen LogP contribution in [0.3, 0.4) is 0 Å². The zero-order valence-electron chi connectivity index (χ0n) is 18.2. The Labute approximate surface area is 175 Å². The molecule has 162 valence electrons. The third-order valence-electron chi connectivity index (χ3n) is 6.32. The maximum Gasteiger partial charge on any atom is 0.191 e. The lowest BCUT2D eigenvalue weighted by Gasteiger charge is -2.34. The lowest BCUT2D eigenvalue weighted by atomic mass is 9.94. The molecule has 0 atom stereocenters. The highest BCUT2D eigenvalue weighted by molar-refractivity contribution is 5.80. The van der Waals surface area contributed by atoms with Crippen molar-refractivity contribution < 1.29 is 4.39 Å². The van der Waals surface area contributed by atoms with Crippen molar-refractivity contribution >= 4 is 11.6 Å². The van der Waals surface area contributed by atoms with Crippen molar-refractivity contribution in [3.63, 3.8) is 0 Å². The van der Waals surface area contributed by atoms with Crippen molar-refractivity contribution in [1.82, 2.24) is 15.5 Å². The summed E-state index contributed by atoms with van der Waals surface area (Å²) in [7, 11) is 0. The minimum Gasteiger partial charge on any atom is -0.371 e. The van der Waals surface area contributed by atoms with E-state index in [0.29, 0.717) is 6.04 Å². The van der Waals surface area contributed by atoms with Crippen LogP contribution >= 0.6 is 0 Å². The van der Waals surface area contributed by atoms with Crippen LogP contribution in [0.4, 0.5) is 10.1 Å². The van der Waals surface area contributed by atoms with Gasteiger partial charge in [0.1, 0.15) is 5.82 Å². The Hall–Kier alpha value is -1.82. The molecule has 29 heavy (non-hydrogen) atoms. The number of rotatable bonds is 7. The number of hydrogen-bond acceptors (Lipinski definition) is 3. The van der Waals surface area contributed by atoms with Crippen LogP contribution < -0.4 is 15.5 Å². The van der Waals surface area contributed by atoms with Gasteiger partial charge in [-0.25, -0.2) is 4.39 Å². The Balaban J connectivity index is 1.42. The highest BCUT2D eigenvalue weighted by atomic mass is 19.1. The van der Waals surface area contributed by atoms with Crippen molar-refractivity contribution in [1.29, 1.82) is 0 Å². The van der Waals surface area contributed by atoms with Crippen molar-refractivity contribution in [2.24, 2.45) is 10.9 Å². The molecular formula is C23H38FN5. The summed E-state index contributed by atoms with van der Waals surface area (Å²) in [6.45, 7) is 11.7. The molecule has 0 saturated carbocycles. The molecule has 0 radical (unpaired) electrons. The highest BCUT2D eigenvalue weighted by Crippen LogP contribution is 2.21. The first kappa shape index (κ1) is 21.9. The molecule has 3 rings (SSSR count). The first-order chi connectivity index (χ1) is 14.2. The van der Waals surface area contributed by atoms with Crippen molar-refractivity contribution in [2.45, 2.75) is 52.0 Å². The zero-order chi connectivity index (χ0) is 20.5. The Kier molecular flexibility index (Phi) is 8.59. The number of hydrogen-bond donors (Lipinski definition) is 2. The maximum absolute atomic E-state index is 13.5. The lowest BCUT2D eigenvalue weighted by Crippen LogP contribution is -2.48. The number of nitrogens with zero attached hydrogens (tertiary/aromatic N) is 3. The molecule has 2 fully saturated rings. The zero-order valence-corrected chi connectivity index (χ0v) is 18.2. The van der Waals surface area contributed by atoms with Crippen LogP contribution in [0.25, 0.3) is 0 Å². The topological polar surface area (TPSA) is 42.9 Å². The molecule has 2 saturated heterocycles. The number of piperidine rings is 2. The van der Waals surface area contributed by atoms with E-state index in [2.05, 4.69) is 34.3 Å². The largest absolute Gasteiger partial charge is 0.371 e. The molecule has 0 spiro atoms. The van der Waals surface area contributed by atoms with Gasteiger partial charge in [-0.1, -0.05) is 13.0 Å². The summed E-state index contributed by atoms with van der Waals surface area (Å²) >= 11 is 0. The molecule has 5 nitrogen and oxygen atoms in total. The van der Waals surface area contributed by atoms with E-state index in [1.165, 1.54) is 45.0 Å². The minimum absolute atomic E-state index is 0.162. The van der Waals surface area contributed by atoms with Gasteiger partial charge in [-0.05, 0) is 82.8 Å². The summed E-state index contributed by atoms with van der Waals surface area (Å²) < 4.78 is 13.5. The summed E-state index contributed by atoms with van der Waals surface area (Å²) in [5, 5.41) is 7.03. The van der Waals surface area contributed by atoms with E-state index in [9.17, 15) is 4.39 Å². The van der Waals surface area contributed by atoms with Gasteiger partial charge in [0.2, 0.25) is 0 Å². The van der Waals surface area contributed by atoms with Crippen molar-refractivity contribution in [2.75, 3.05) is 50.7 Å². The molecule has 0 aliphatic carbocycles. The third kappa shape index (κ3) is 6.88. The van der Waals surface area contributed by atoms with Crippen LogP contribution in [-0.2, 0) is 0 Å². The molecule has 1 aromatic carbocycles. The van der Waals surface area contributed by atoms with Gasteiger partial charge >= 0.3 is 0 Å². The second kappa shape index (κ2) is 11.4. The molecule has 6 heteroatoms. The molecule has 2 N–H and O–H groups in total. The number of guanidine groups is 1. The van der Waals surface area contributed by atoms with E-state index in [4.69, 9.17) is 4.99 Å². The SMILES string of the molecule is CCNC(=NCCC1CCN(CC)CC1)NC1CCN(c2cccc(F)c2)CC1. The quantitative estimate of drug-likeness (QED) is 0.540. The fourth-order valence-electron chi connectivity index (χ4n) is 4.42. The number of benzene rings is 1. The van der Waals surface area contributed by atoms with Crippen LogP contribution in [0.2, 0.25) is 0 Å². The molecule has 2 heterocycles. The second-order valence-electron chi connectivity index (χ2n) is 8.31. The number of aliphatic imine (C=N–C) groups is 1. The van der Waals surface area contributed by atoms with Gasteiger partial charge in [-0.2, -0.15) is 0 Å². The van der Waals surface area contributed by atoms with Crippen LogP contribution in [-0.4, -0.2) is 62.7 Å². The van der Waals surface area contributed by atoms with E-state index < -0.39 is 0 Å². The van der Waals surface area contributed by atoms with Crippen LogP contribution in [0.15, 0.2) is 29.3 Å². The van der Waals surface area contributed by atoms with Crippen LogP contribution in [0.5, 0.6) is 0 Å². The lowest BCUT2D eigenvalue weighted by molar-refractivity contribution is 0.188. The Morgan fingerprint density at radius 2 is 1.86 bits per heavy atom. The normalized spacial score (nSPS) is 20.1. The summed E-state index contributed by atoms with van der Waals surface area (Å²) in [5.41, 5.74) is 0.984. The first-order valence-electron chi connectivity index (χ1n) is 11.5. The van der Waals surface area contributed by atoms with Gasteiger partial charge in [0.15, 0.2) is 5.96 Å². The molecule has 0 aromatic heterocycles. The van der Waals surface area contributed by atoms with Crippen molar-refractivity contribution in [3.05, 3.63) is 30.1 Å². The average Bonchev–Trinajstić information content (AvgIpc) is 2.75. The third-order valence-corrected chi connectivity index (χ3v) is 6.32. The predicted molar refractivity (Wildman–Crippen MR) is 120 cm³/mol. The predicted octanol–water partition coefficient (Wildman–Crippen LogP) is 3.47. The number of halogens is 1. The summed E-state index contributed by atoms with van der Waals surface area (Å²) in [4.78, 5) is 9.66. The molecule has 2 aliphatic rings. The van der Waals surface area contributed by atoms with E-state index in [-0.39, 0.29) is 5.82 Å². The summed E-state index contributed by atoms with van der Waals surface area (Å²) in [6.07, 6.45) is 5.89. The first-order valence-corrected chi connectivity index (χ1v) is 11.5. The Morgan fingerprint density at radius 1 is 1.10 bits per heavy atom. The van der Waals surface area contributed by atoms with Crippen molar-refractivity contribution in [3.8, 4) is 0 Å². The fraction of sp³-hybridized carbons (Fsp3) is 0.696. The maximum atomic E-state index is 13.5. The Morgan fingerprint density at radius 3 is 2.52 bits per heavy atom. The highest BCUT2D eigenvalue weighted by Gasteiger charge is 2.21. The standard InChI is InChI=1S/C23H38FN5/c1-3-25-23(26-13-8-19-9-14-28(4-2)15-10-19)27-21-11-16-29(17-12-21)22-7-5-6-20(24)18-22/h5-7,18-19,21H,3-4,8-17H2,1-2H3,(H2,25,26,27). The minimum atomic E-state index is -0.162. The van der Waals surface area contributed by atoms with Gasteiger partial charge in [0.05, 0.1) is 0 Å². The second-order valence-corrected chi connectivity index (χ2v) is 8.31. The van der Waals surface area contributed by atoms with Gasteiger partial charge in [-0.3, -0.25) is 4.99 Å². The number of anilines is 1. The monoisotopic (exact) mass is 403 g/mol. The molecule has 1 aromatic rings. The van der Waals surface area contributed by atoms with Gasteiger partial charge in [0.25, 0.3) is 0 Å². The number of nitrogens with one attached hydrogen (secondary N) is 2. The molecule has 0 unspecified atom stereocenters. The molecule has 2 aliphatic heterocycles. The number of likely N-dealkylation sites (tertiary alicyclic amines) is 1. The Bertz CT molecular complexity index is 634. The molecule has 0 bridgehead atoms. The van der Waals surface area contributed by atoms with Gasteiger partial charge < -0.3 is 20.4 Å². The van der Waals surface area contributed by atoms with Gasteiger partial charge in [0, 0.05) is 37.9 Å². The van der Waals surface area contributed by atoms with E-state index in [1.807, 2.05) is 6.07 Å². The van der Waals surface area contributed by atoms with E-state index >= 15 is 0 Å². The molecule has 0 amide bonds. The average molecular weight is 404 g/mol. The van der Waals surface area contributed by atoms with E-state index in [1.54, 1.807) is 12.1 Å². The fourth-order valence-corrected chi connectivity index (χ4v) is 4.42. The van der Waals surface area contributed by atoms with E-state index in [0.717, 1.165) is 56.6 Å². The van der Waals surface area contributed by atoms with Crippen LogP contribution in [0, 0.1) is 11.7 Å². The van der Waals surface area contributed by atoms with Gasteiger partial charge in [-0.15, -0.1) is 0 Å². The molecular weight excluding hydrogens is 365 g/mol. The van der Waals surface area contributed by atoms with Crippen LogP contribution in [0.1, 0.15) is 46.0 Å². The smallest absolute Gasteiger partial charge is 0.191 e. The summed E-state index contributed by atoms with van der Waals surface area (Å²) in [5.74, 6) is 1.60. The summed E-state index contributed by atoms with van der Waals surface area (Å²) in [6, 6.07) is 7.34.